The largest absolute Gasteiger partial charge is 0.349 e. The van der Waals surface area contributed by atoms with Gasteiger partial charge in [0.1, 0.15) is 5.69 Å². The fourth-order valence-corrected chi connectivity index (χ4v) is 2.72. The van der Waals surface area contributed by atoms with Crippen LogP contribution >= 0.6 is 0 Å². The molecule has 5 nitrogen and oxygen atoms in total. The molecule has 0 aromatic carbocycles. The molecule has 0 bridgehead atoms. The zero-order chi connectivity index (χ0) is 13.8. The lowest BCUT2D eigenvalue weighted by atomic mass is 10.0. The number of aromatic nitrogens is 2. The van der Waals surface area contributed by atoms with E-state index in [4.69, 9.17) is 0 Å². The van der Waals surface area contributed by atoms with Gasteiger partial charge in [0.05, 0.1) is 5.69 Å². The van der Waals surface area contributed by atoms with Crippen LogP contribution in [0.2, 0.25) is 0 Å². The Morgan fingerprint density at radius 1 is 1.53 bits per heavy atom. The minimum absolute atomic E-state index is 0.0345. The Labute approximate surface area is 115 Å². The van der Waals surface area contributed by atoms with Gasteiger partial charge in [0.2, 0.25) is 0 Å². The van der Waals surface area contributed by atoms with Crippen LogP contribution in [-0.4, -0.2) is 46.3 Å². The van der Waals surface area contributed by atoms with Crippen LogP contribution in [0.15, 0.2) is 6.07 Å². The Morgan fingerprint density at radius 3 is 2.95 bits per heavy atom. The number of aryl methyl sites for hydroxylation is 2. The SMILES string of the molecule is Cc1cc(C(=O)NCCN2CCCC[C@H]2C)n(C)n1. The van der Waals surface area contributed by atoms with E-state index in [9.17, 15) is 4.79 Å². The van der Waals surface area contributed by atoms with Crippen LogP contribution in [0.1, 0.15) is 42.4 Å². The fraction of sp³-hybridized carbons (Fsp3) is 0.714. The number of hydrogen-bond acceptors (Lipinski definition) is 3. The topological polar surface area (TPSA) is 50.2 Å². The second kappa shape index (κ2) is 6.19. The van der Waals surface area contributed by atoms with E-state index in [0.717, 1.165) is 18.8 Å². The zero-order valence-corrected chi connectivity index (χ0v) is 12.1. The molecule has 1 atom stereocenters. The molecular formula is C14H24N4O. The first kappa shape index (κ1) is 14.1. The van der Waals surface area contributed by atoms with Gasteiger partial charge >= 0.3 is 0 Å². The van der Waals surface area contributed by atoms with Gasteiger partial charge in [0, 0.05) is 26.2 Å². The summed E-state index contributed by atoms with van der Waals surface area (Å²) in [5.74, 6) is -0.0345. The summed E-state index contributed by atoms with van der Waals surface area (Å²) in [5, 5.41) is 7.17. The van der Waals surface area contributed by atoms with Gasteiger partial charge in [-0.15, -0.1) is 0 Å². The molecule has 5 heteroatoms. The third-order valence-corrected chi connectivity index (χ3v) is 3.86. The van der Waals surface area contributed by atoms with Crippen molar-refractivity contribution in [3.8, 4) is 0 Å². The average Bonchev–Trinajstić information content (AvgIpc) is 2.71. The van der Waals surface area contributed by atoms with Crippen molar-refractivity contribution in [1.82, 2.24) is 20.0 Å². The van der Waals surface area contributed by atoms with Gasteiger partial charge in [-0.25, -0.2) is 0 Å². The van der Waals surface area contributed by atoms with E-state index in [1.807, 2.05) is 13.0 Å². The third-order valence-electron chi connectivity index (χ3n) is 3.86. The predicted octanol–water partition coefficient (Wildman–Crippen LogP) is 1.33. The number of rotatable bonds is 4. The summed E-state index contributed by atoms with van der Waals surface area (Å²) in [7, 11) is 1.80. The van der Waals surface area contributed by atoms with E-state index < -0.39 is 0 Å². The molecule has 0 spiro atoms. The first-order valence-electron chi connectivity index (χ1n) is 7.11. The number of hydrogen-bond donors (Lipinski definition) is 1. The molecule has 2 heterocycles. The van der Waals surface area contributed by atoms with E-state index >= 15 is 0 Å². The molecule has 1 aliphatic heterocycles. The van der Waals surface area contributed by atoms with Crippen molar-refractivity contribution in [2.75, 3.05) is 19.6 Å². The van der Waals surface area contributed by atoms with Crippen LogP contribution in [0, 0.1) is 6.92 Å². The van der Waals surface area contributed by atoms with Gasteiger partial charge in [-0.3, -0.25) is 14.4 Å². The highest BCUT2D eigenvalue weighted by atomic mass is 16.2. The van der Waals surface area contributed by atoms with Crippen molar-refractivity contribution in [2.24, 2.45) is 7.05 Å². The predicted molar refractivity (Wildman–Crippen MR) is 75.2 cm³/mol. The second-order valence-corrected chi connectivity index (χ2v) is 5.43. The molecular weight excluding hydrogens is 240 g/mol. The van der Waals surface area contributed by atoms with E-state index in [0.29, 0.717) is 18.3 Å². The number of likely N-dealkylation sites (tertiary alicyclic amines) is 1. The Kier molecular flexibility index (Phi) is 4.58. The van der Waals surface area contributed by atoms with Crippen LogP contribution in [0.5, 0.6) is 0 Å². The van der Waals surface area contributed by atoms with Crippen molar-refractivity contribution >= 4 is 5.91 Å². The maximum atomic E-state index is 12.0. The van der Waals surface area contributed by atoms with E-state index in [-0.39, 0.29) is 5.91 Å². The fourth-order valence-electron chi connectivity index (χ4n) is 2.72. The lowest BCUT2D eigenvalue weighted by molar-refractivity contribution is 0.0929. The maximum Gasteiger partial charge on any atom is 0.269 e. The smallest absolute Gasteiger partial charge is 0.269 e. The number of nitrogens with one attached hydrogen (secondary N) is 1. The number of nitrogens with zero attached hydrogens (tertiary/aromatic N) is 3. The molecule has 1 saturated heterocycles. The Bertz CT molecular complexity index is 441. The molecule has 0 unspecified atom stereocenters. The zero-order valence-electron chi connectivity index (χ0n) is 12.1. The highest BCUT2D eigenvalue weighted by molar-refractivity contribution is 5.92. The number of amides is 1. The Hall–Kier alpha value is -1.36. The molecule has 2 rings (SSSR count). The molecule has 106 valence electrons. The standard InChI is InChI=1S/C14H24N4O/c1-11-10-13(17(3)16-11)14(19)15-7-9-18-8-5-4-6-12(18)2/h10,12H,4-9H2,1-3H3,(H,15,19)/t12-/m1/s1. The Balaban J connectivity index is 1.79. The van der Waals surface area contributed by atoms with Crippen LogP contribution in [0.3, 0.4) is 0 Å². The first-order valence-corrected chi connectivity index (χ1v) is 7.11. The molecule has 1 aromatic heterocycles. The monoisotopic (exact) mass is 264 g/mol. The first-order chi connectivity index (χ1) is 9.08. The normalized spacial score (nSPS) is 20.5. The lowest BCUT2D eigenvalue weighted by Gasteiger charge is -2.33. The summed E-state index contributed by atoms with van der Waals surface area (Å²) >= 11 is 0. The molecule has 0 saturated carbocycles. The molecule has 1 fully saturated rings. The highest BCUT2D eigenvalue weighted by Gasteiger charge is 2.18. The van der Waals surface area contributed by atoms with Gasteiger partial charge in [0.15, 0.2) is 0 Å². The van der Waals surface area contributed by atoms with Crippen LogP contribution in [0.25, 0.3) is 0 Å². The second-order valence-electron chi connectivity index (χ2n) is 5.43. The molecule has 1 aromatic rings. The van der Waals surface area contributed by atoms with E-state index in [1.54, 1.807) is 11.7 Å². The molecule has 0 radical (unpaired) electrons. The van der Waals surface area contributed by atoms with Gasteiger partial charge in [-0.1, -0.05) is 6.42 Å². The number of carbonyl (C=O) groups is 1. The lowest BCUT2D eigenvalue weighted by Crippen LogP contribution is -2.42. The molecule has 1 amide bonds. The summed E-state index contributed by atoms with van der Waals surface area (Å²) < 4.78 is 1.63. The van der Waals surface area contributed by atoms with E-state index in [1.165, 1.54) is 19.3 Å². The molecule has 1 aliphatic rings. The van der Waals surface area contributed by atoms with Crippen LogP contribution < -0.4 is 5.32 Å². The van der Waals surface area contributed by atoms with Gasteiger partial charge < -0.3 is 5.32 Å². The minimum Gasteiger partial charge on any atom is -0.349 e. The molecule has 19 heavy (non-hydrogen) atoms. The van der Waals surface area contributed by atoms with Crippen molar-refractivity contribution < 1.29 is 4.79 Å². The molecule has 1 N–H and O–H groups in total. The summed E-state index contributed by atoms with van der Waals surface area (Å²) in [4.78, 5) is 14.5. The van der Waals surface area contributed by atoms with Gasteiger partial charge in [-0.2, -0.15) is 5.10 Å². The number of piperidine rings is 1. The third kappa shape index (κ3) is 3.56. The van der Waals surface area contributed by atoms with Crippen molar-refractivity contribution in [3.05, 3.63) is 17.5 Å². The number of carbonyl (C=O) groups excluding carboxylic acids is 1. The quantitative estimate of drug-likeness (QED) is 0.892. The van der Waals surface area contributed by atoms with E-state index in [2.05, 4.69) is 22.2 Å². The van der Waals surface area contributed by atoms with Crippen molar-refractivity contribution in [1.29, 1.82) is 0 Å². The van der Waals surface area contributed by atoms with Gasteiger partial charge in [0.25, 0.3) is 5.91 Å². The molecule has 0 aliphatic carbocycles. The highest BCUT2D eigenvalue weighted by Crippen LogP contribution is 2.15. The summed E-state index contributed by atoms with van der Waals surface area (Å²) in [5.41, 5.74) is 1.50. The summed E-state index contributed by atoms with van der Waals surface area (Å²) in [6.07, 6.45) is 3.88. The Morgan fingerprint density at radius 2 is 2.32 bits per heavy atom. The summed E-state index contributed by atoms with van der Waals surface area (Å²) in [6, 6.07) is 2.46. The van der Waals surface area contributed by atoms with Crippen molar-refractivity contribution in [2.45, 2.75) is 39.2 Å². The minimum atomic E-state index is -0.0345. The van der Waals surface area contributed by atoms with Crippen LogP contribution in [0.4, 0.5) is 0 Å². The van der Waals surface area contributed by atoms with Crippen molar-refractivity contribution in [3.63, 3.8) is 0 Å². The maximum absolute atomic E-state index is 12.0. The summed E-state index contributed by atoms with van der Waals surface area (Å²) in [6.45, 7) is 6.96. The van der Waals surface area contributed by atoms with Gasteiger partial charge in [-0.05, 0) is 39.3 Å². The van der Waals surface area contributed by atoms with Crippen LogP contribution in [-0.2, 0) is 7.05 Å². The average molecular weight is 264 g/mol.